The van der Waals surface area contributed by atoms with Crippen LogP contribution in [0.2, 0.25) is 0 Å². The van der Waals surface area contributed by atoms with Crippen molar-refractivity contribution in [2.75, 3.05) is 12.4 Å². The van der Waals surface area contributed by atoms with E-state index in [4.69, 9.17) is 9.72 Å². The number of aromatic nitrogens is 3. The summed E-state index contributed by atoms with van der Waals surface area (Å²) in [6, 6.07) is 11.5. The zero-order valence-electron chi connectivity index (χ0n) is 15.5. The monoisotopic (exact) mass is 390 g/mol. The van der Waals surface area contributed by atoms with Crippen molar-refractivity contribution in [3.05, 3.63) is 54.2 Å². The lowest BCUT2D eigenvalue weighted by atomic mass is 10.0. The van der Waals surface area contributed by atoms with E-state index < -0.39 is 0 Å². The van der Waals surface area contributed by atoms with Gasteiger partial charge in [0.1, 0.15) is 5.75 Å². The van der Waals surface area contributed by atoms with Gasteiger partial charge in [-0.25, -0.2) is 9.36 Å². The standard InChI is InChI=1S/C21H18N4O2S/c1-3-21(26)25-19-9-15-14(16-6-4-5-7-22-16)8-17(13-11-23-28-12-13)24-18(15)10-20(19)27-2/h4-12H,3H2,1-2H3,(H,25,26). The quantitative estimate of drug-likeness (QED) is 0.531. The largest absolute Gasteiger partial charge is 0.494 e. The molecule has 0 saturated heterocycles. The van der Waals surface area contributed by atoms with E-state index in [9.17, 15) is 4.79 Å². The molecule has 0 spiro atoms. The van der Waals surface area contributed by atoms with Crippen molar-refractivity contribution in [1.29, 1.82) is 0 Å². The van der Waals surface area contributed by atoms with Gasteiger partial charge < -0.3 is 10.1 Å². The molecule has 0 aliphatic carbocycles. The molecule has 0 unspecified atom stereocenters. The van der Waals surface area contributed by atoms with E-state index in [2.05, 4.69) is 14.7 Å². The summed E-state index contributed by atoms with van der Waals surface area (Å²) in [5.74, 6) is 0.486. The molecule has 28 heavy (non-hydrogen) atoms. The Hall–Kier alpha value is -3.32. The Labute approximate surface area is 166 Å². The third-order valence-corrected chi connectivity index (χ3v) is 4.98. The Morgan fingerprint density at radius 1 is 1.21 bits per heavy atom. The molecular weight excluding hydrogens is 372 g/mol. The first-order chi connectivity index (χ1) is 13.7. The summed E-state index contributed by atoms with van der Waals surface area (Å²) < 4.78 is 9.68. The number of hydrogen-bond acceptors (Lipinski definition) is 6. The van der Waals surface area contributed by atoms with Gasteiger partial charge in [0.25, 0.3) is 0 Å². The molecule has 0 aliphatic heterocycles. The summed E-state index contributed by atoms with van der Waals surface area (Å²) in [6.07, 6.45) is 3.95. The molecule has 7 heteroatoms. The van der Waals surface area contributed by atoms with Crippen LogP contribution in [0.4, 0.5) is 5.69 Å². The zero-order chi connectivity index (χ0) is 19.5. The fraction of sp³-hybridized carbons (Fsp3) is 0.143. The lowest BCUT2D eigenvalue weighted by Crippen LogP contribution is -2.10. The molecule has 0 fully saturated rings. The Bertz CT molecular complexity index is 1130. The van der Waals surface area contributed by atoms with Gasteiger partial charge in [0.15, 0.2) is 0 Å². The molecule has 1 amide bonds. The maximum atomic E-state index is 11.9. The van der Waals surface area contributed by atoms with Crippen LogP contribution < -0.4 is 10.1 Å². The van der Waals surface area contributed by atoms with Gasteiger partial charge in [-0.15, -0.1) is 0 Å². The Balaban J connectivity index is 1.99. The lowest BCUT2D eigenvalue weighted by molar-refractivity contribution is -0.115. The molecular formula is C21H18N4O2S. The maximum Gasteiger partial charge on any atom is 0.224 e. The summed E-state index contributed by atoms with van der Waals surface area (Å²) in [6.45, 7) is 1.81. The van der Waals surface area contributed by atoms with E-state index in [1.54, 1.807) is 19.5 Å². The van der Waals surface area contributed by atoms with Crippen molar-refractivity contribution in [3.8, 4) is 28.3 Å². The van der Waals surface area contributed by atoms with E-state index in [0.717, 1.165) is 33.4 Å². The predicted octanol–water partition coefficient (Wildman–Crippen LogP) is 4.78. The molecule has 4 aromatic rings. The number of amides is 1. The van der Waals surface area contributed by atoms with Crippen molar-refractivity contribution in [1.82, 2.24) is 14.3 Å². The van der Waals surface area contributed by atoms with Gasteiger partial charge in [0.2, 0.25) is 5.91 Å². The van der Waals surface area contributed by atoms with E-state index in [-0.39, 0.29) is 5.91 Å². The molecule has 0 atom stereocenters. The Kier molecular flexibility index (Phi) is 4.99. The molecule has 3 aromatic heterocycles. The van der Waals surface area contributed by atoms with Crippen LogP contribution >= 0.6 is 11.5 Å². The summed E-state index contributed by atoms with van der Waals surface area (Å²) in [5.41, 5.74) is 4.90. The minimum atomic E-state index is -0.0778. The molecule has 6 nitrogen and oxygen atoms in total. The summed E-state index contributed by atoms with van der Waals surface area (Å²) in [4.78, 5) is 21.3. The van der Waals surface area contributed by atoms with Crippen molar-refractivity contribution < 1.29 is 9.53 Å². The third kappa shape index (κ3) is 3.44. The minimum absolute atomic E-state index is 0.0778. The molecule has 0 bridgehead atoms. The number of ether oxygens (including phenoxy) is 1. The molecule has 4 rings (SSSR count). The second kappa shape index (κ2) is 7.74. The number of anilines is 1. The van der Waals surface area contributed by atoms with E-state index in [0.29, 0.717) is 17.9 Å². The maximum absolute atomic E-state index is 11.9. The first-order valence-electron chi connectivity index (χ1n) is 8.83. The van der Waals surface area contributed by atoms with Crippen LogP contribution in [0.5, 0.6) is 5.75 Å². The molecule has 1 aromatic carbocycles. The number of nitrogens with one attached hydrogen (secondary N) is 1. The fourth-order valence-corrected chi connectivity index (χ4v) is 3.50. The van der Waals surface area contributed by atoms with Gasteiger partial charge in [-0.3, -0.25) is 9.78 Å². The molecule has 3 heterocycles. The van der Waals surface area contributed by atoms with Gasteiger partial charge >= 0.3 is 0 Å². The smallest absolute Gasteiger partial charge is 0.224 e. The highest BCUT2D eigenvalue weighted by atomic mass is 32.1. The zero-order valence-corrected chi connectivity index (χ0v) is 16.3. The second-order valence-electron chi connectivity index (χ2n) is 6.15. The number of carbonyl (C=O) groups is 1. The summed E-state index contributed by atoms with van der Waals surface area (Å²) >= 11 is 1.38. The summed E-state index contributed by atoms with van der Waals surface area (Å²) in [7, 11) is 1.58. The first-order valence-corrected chi connectivity index (χ1v) is 9.67. The minimum Gasteiger partial charge on any atom is -0.494 e. The van der Waals surface area contributed by atoms with Gasteiger partial charge in [0, 0.05) is 40.6 Å². The highest BCUT2D eigenvalue weighted by molar-refractivity contribution is 7.03. The van der Waals surface area contributed by atoms with Crippen molar-refractivity contribution in [2.24, 2.45) is 0 Å². The third-order valence-electron chi connectivity index (χ3n) is 4.39. The predicted molar refractivity (Wildman–Crippen MR) is 112 cm³/mol. The molecule has 140 valence electrons. The number of hydrogen-bond donors (Lipinski definition) is 1. The number of fused-ring (bicyclic) bond motifs is 1. The van der Waals surface area contributed by atoms with Gasteiger partial charge in [-0.2, -0.15) is 0 Å². The average molecular weight is 390 g/mol. The SMILES string of the molecule is CCC(=O)Nc1cc2c(-c3ccccn3)cc(-c3cnsc3)nc2cc1OC. The summed E-state index contributed by atoms with van der Waals surface area (Å²) in [5, 5.41) is 5.75. The normalized spacial score (nSPS) is 10.8. The van der Waals surface area contributed by atoms with E-state index in [1.165, 1.54) is 11.5 Å². The lowest BCUT2D eigenvalue weighted by Gasteiger charge is -2.14. The van der Waals surface area contributed by atoms with Gasteiger partial charge in [0.05, 0.1) is 35.9 Å². The first kappa shape index (κ1) is 18.1. The van der Waals surface area contributed by atoms with Crippen molar-refractivity contribution in [3.63, 3.8) is 0 Å². The number of pyridine rings is 2. The molecule has 0 aliphatic rings. The van der Waals surface area contributed by atoms with Crippen LogP contribution in [0.3, 0.4) is 0 Å². The van der Waals surface area contributed by atoms with Crippen LogP contribution in [0.25, 0.3) is 33.4 Å². The van der Waals surface area contributed by atoms with E-state index >= 15 is 0 Å². The van der Waals surface area contributed by atoms with Crippen LogP contribution in [-0.2, 0) is 4.79 Å². The Morgan fingerprint density at radius 2 is 2.11 bits per heavy atom. The number of rotatable bonds is 5. The van der Waals surface area contributed by atoms with Gasteiger partial charge in [-0.1, -0.05) is 13.0 Å². The van der Waals surface area contributed by atoms with E-state index in [1.807, 2.05) is 48.7 Å². The van der Waals surface area contributed by atoms with Crippen molar-refractivity contribution >= 4 is 34.0 Å². The molecule has 0 radical (unpaired) electrons. The van der Waals surface area contributed by atoms with Gasteiger partial charge in [-0.05, 0) is 35.8 Å². The van der Waals surface area contributed by atoms with Crippen LogP contribution in [0.15, 0.2) is 54.2 Å². The number of benzene rings is 1. The second-order valence-corrected chi connectivity index (χ2v) is 6.81. The highest BCUT2D eigenvalue weighted by Crippen LogP contribution is 2.37. The number of carbonyl (C=O) groups excluding carboxylic acids is 1. The van der Waals surface area contributed by atoms with Crippen LogP contribution in [0.1, 0.15) is 13.3 Å². The van der Waals surface area contributed by atoms with Crippen LogP contribution in [0, 0.1) is 0 Å². The average Bonchev–Trinajstić information content (AvgIpc) is 3.28. The van der Waals surface area contributed by atoms with Crippen molar-refractivity contribution in [2.45, 2.75) is 13.3 Å². The molecule has 0 saturated carbocycles. The topological polar surface area (TPSA) is 77.0 Å². The fourth-order valence-electron chi connectivity index (χ4n) is 2.97. The van der Waals surface area contributed by atoms with Crippen LogP contribution in [-0.4, -0.2) is 27.4 Å². The number of nitrogens with zero attached hydrogens (tertiary/aromatic N) is 3. The highest BCUT2D eigenvalue weighted by Gasteiger charge is 2.15. The number of methoxy groups -OCH3 is 1. The molecule has 1 N–H and O–H groups in total. The Morgan fingerprint density at radius 3 is 2.79 bits per heavy atom.